The first-order chi connectivity index (χ1) is 12.1. The number of anilines is 2. The molecule has 1 aliphatic heterocycles. The van der Waals surface area contributed by atoms with Crippen LogP contribution in [0.15, 0.2) is 42.6 Å². The van der Waals surface area contributed by atoms with Crippen molar-refractivity contribution in [2.24, 2.45) is 5.41 Å². The van der Waals surface area contributed by atoms with E-state index < -0.39 is 11.4 Å². The van der Waals surface area contributed by atoms with E-state index in [9.17, 15) is 9.90 Å². The molecule has 7 nitrogen and oxygen atoms in total. The van der Waals surface area contributed by atoms with Gasteiger partial charge in [-0.25, -0.2) is 4.98 Å². The van der Waals surface area contributed by atoms with Gasteiger partial charge in [0.15, 0.2) is 0 Å². The van der Waals surface area contributed by atoms with Gasteiger partial charge >= 0.3 is 5.97 Å². The summed E-state index contributed by atoms with van der Waals surface area (Å²) in [6.45, 7) is 1.42. The van der Waals surface area contributed by atoms with Crippen molar-refractivity contribution in [2.45, 2.75) is 19.3 Å². The normalized spacial score (nSPS) is 20.2. The second kappa shape index (κ2) is 7.38. The quantitative estimate of drug-likeness (QED) is 0.829. The zero-order chi connectivity index (χ0) is 17.7. The van der Waals surface area contributed by atoms with E-state index in [1.54, 1.807) is 12.3 Å². The summed E-state index contributed by atoms with van der Waals surface area (Å²) < 4.78 is 5.71. The number of rotatable bonds is 6. The van der Waals surface area contributed by atoms with Crippen molar-refractivity contribution < 1.29 is 14.6 Å². The van der Waals surface area contributed by atoms with Crippen LogP contribution in [0.1, 0.15) is 19.3 Å². The molecule has 1 aromatic heterocycles. The second-order valence-corrected chi connectivity index (χ2v) is 6.30. The number of nitrogen functional groups attached to an aromatic ring is 1. The first kappa shape index (κ1) is 17.0. The van der Waals surface area contributed by atoms with Gasteiger partial charge in [-0.3, -0.25) is 4.79 Å². The average molecular weight is 342 g/mol. The van der Waals surface area contributed by atoms with E-state index in [1.807, 2.05) is 35.2 Å². The number of nitrogens with two attached hydrogens (primary N) is 1. The number of hydrogen-bond donors (Lipinski definition) is 2. The number of para-hydroxylation sites is 1. The number of carbonyl (C=O) groups is 1. The van der Waals surface area contributed by atoms with Crippen LogP contribution in [0, 0.1) is 5.41 Å². The van der Waals surface area contributed by atoms with Crippen LogP contribution in [0.4, 0.5) is 11.8 Å². The van der Waals surface area contributed by atoms with E-state index in [-0.39, 0.29) is 0 Å². The first-order valence-electron chi connectivity index (χ1n) is 8.34. The Balaban J connectivity index is 1.69. The second-order valence-electron chi connectivity index (χ2n) is 6.30. The number of carboxylic acid groups (broad SMARTS) is 1. The Morgan fingerprint density at radius 2 is 2.12 bits per heavy atom. The Labute approximate surface area is 146 Å². The van der Waals surface area contributed by atoms with Gasteiger partial charge in [-0.15, -0.1) is 0 Å². The summed E-state index contributed by atoms with van der Waals surface area (Å²) in [6.07, 6.45) is 3.39. The highest BCUT2D eigenvalue weighted by molar-refractivity contribution is 5.76. The smallest absolute Gasteiger partial charge is 0.311 e. The molecule has 0 aliphatic carbocycles. The van der Waals surface area contributed by atoms with E-state index in [0.717, 1.165) is 18.7 Å². The lowest BCUT2D eigenvalue weighted by molar-refractivity contribution is -0.150. The summed E-state index contributed by atoms with van der Waals surface area (Å²) in [6, 6.07) is 11.0. The summed E-state index contributed by atoms with van der Waals surface area (Å²) in [5, 5.41) is 9.86. The minimum atomic E-state index is -0.874. The van der Waals surface area contributed by atoms with Crippen molar-refractivity contribution in [2.75, 3.05) is 30.3 Å². The number of benzene rings is 1. The van der Waals surface area contributed by atoms with Gasteiger partial charge in [-0.2, -0.15) is 4.98 Å². The SMILES string of the molecule is Nc1ccnc(N2CCCC(CCOc3ccccc3)(C(=O)O)C2)n1. The van der Waals surface area contributed by atoms with Crippen LogP contribution in [0.3, 0.4) is 0 Å². The Morgan fingerprint density at radius 1 is 1.32 bits per heavy atom. The predicted molar refractivity (Wildman–Crippen MR) is 94.5 cm³/mol. The fraction of sp³-hybridized carbons (Fsp3) is 0.389. The lowest BCUT2D eigenvalue weighted by atomic mass is 9.77. The highest BCUT2D eigenvalue weighted by atomic mass is 16.5. The van der Waals surface area contributed by atoms with Crippen molar-refractivity contribution in [1.29, 1.82) is 0 Å². The fourth-order valence-electron chi connectivity index (χ4n) is 3.18. The molecule has 1 atom stereocenters. The van der Waals surface area contributed by atoms with E-state index in [2.05, 4.69) is 9.97 Å². The Kier molecular flexibility index (Phi) is 5.02. The molecule has 132 valence electrons. The summed E-state index contributed by atoms with van der Waals surface area (Å²) >= 11 is 0. The van der Waals surface area contributed by atoms with Gasteiger partial charge in [-0.1, -0.05) is 18.2 Å². The van der Waals surface area contributed by atoms with Crippen LogP contribution in [0.2, 0.25) is 0 Å². The zero-order valence-corrected chi connectivity index (χ0v) is 14.0. The third-order valence-corrected chi connectivity index (χ3v) is 4.57. The largest absolute Gasteiger partial charge is 0.494 e. The topological polar surface area (TPSA) is 102 Å². The van der Waals surface area contributed by atoms with Crippen molar-refractivity contribution in [3.63, 3.8) is 0 Å². The minimum Gasteiger partial charge on any atom is -0.494 e. The molecule has 1 unspecified atom stereocenters. The van der Waals surface area contributed by atoms with E-state index in [1.165, 1.54) is 0 Å². The maximum atomic E-state index is 12.0. The van der Waals surface area contributed by atoms with Crippen LogP contribution < -0.4 is 15.4 Å². The Bertz CT molecular complexity index is 725. The summed E-state index contributed by atoms with van der Waals surface area (Å²) in [5.41, 5.74) is 4.85. The lowest BCUT2D eigenvalue weighted by Crippen LogP contribution is -2.49. The molecule has 3 rings (SSSR count). The van der Waals surface area contributed by atoms with Crippen molar-refractivity contribution in [3.05, 3.63) is 42.6 Å². The number of piperidine rings is 1. The maximum absolute atomic E-state index is 12.0. The van der Waals surface area contributed by atoms with Crippen molar-refractivity contribution in [1.82, 2.24) is 9.97 Å². The molecule has 1 saturated heterocycles. The van der Waals surface area contributed by atoms with Gasteiger partial charge in [0.05, 0.1) is 12.0 Å². The molecule has 0 bridgehead atoms. The molecular formula is C18H22N4O3. The summed E-state index contributed by atoms with van der Waals surface area (Å²) in [5.74, 6) is 0.797. The summed E-state index contributed by atoms with van der Waals surface area (Å²) in [7, 11) is 0. The molecule has 2 heterocycles. The molecule has 2 aromatic rings. The Morgan fingerprint density at radius 3 is 2.84 bits per heavy atom. The molecule has 3 N–H and O–H groups in total. The molecule has 1 aromatic carbocycles. The van der Waals surface area contributed by atoms with Crippen molar-refractivity contribution in [3.8, 4) is 5.75 Å². The molecular weight excluding hydrogens is 320 g/mol. The van der Waals surface area contributed by atoms with Crippen LogP contribution >= 0.6 is 0 Å². The third kappa shape index (κ3) is 3.99. The number of ether oxygens (including phenoxy) is 1. The van der Waals surface area contributed by atoms with Gasteiger partial charge in [0.2, 0.25) is 5.95 Å². The molecule has 25 heavy (non-hydrogen) atoms. The standard InChI is InChI=1S/C18H22N4O3/c19-15-7-10-20-17(21-15)22-11-4-8-18(13-22,16(23)24)9-12-25-14-5-2-1-3-6-14/h1-3,5-7,10H,4,8-9,11-13H2,(H,23,24)(H2,19,20,21). The molecule has 0 saturated carbocycles. The number of nitrogens with zero attached hydrogens (tertiary/aromatic N) is 3. The van der Waals surface area contributed by atoms with Crippen LogP contribution in [-0.4, -0.2) is 40.7 Å². The Hall–Kier alpha value is -2.83. The number of hydrogen-bond acceptors (Lipinski definition) is 6. The molecule has 0 amide bonds. The fourth-order valence-corrected chi connectivity index (χ4v) is 3.18. The number of carboxylic acids is 1. The molecule has 1 fully saturated rings. The number of aromatic nitrogens is 2. The first-order valence-corrected chi connectivity index (χ1v) is 8.34. The van der Waals surface area contributed by atoms with Crippen LogP contribution in [0.25, 0.3) is 0 Å². The van der Waals surface area contributed by atoms with Gasteiger partial charge in [-0.05, 0) is 37.5 Å². The lowest BCUT2D eigenvalue weighted by Gasteiger charge is -2.39. The number of aliphatic carboxylic acids is 1. The van der Waals surface area contributed by atoms with Crippen LogP contribution in [-0.2, 0) is 4.79 Å². The molecule has 0 radical (unpaired) electrons. The highest BCUT2D eigenvalue weighted by Gasteiger charge is 2.43. The van der Waals surface area contributed by atoms with E-state index >= 15 is 0 Å². The zero-order valence-electron chi connectivity index (χ0n) is 14.0. The monoisotopic (exact) mass is 342 g/mol. The molecule has 0 spiro atoms. The molecule has 7 heteroatoms. The minimum absolute atomic E-state index is 0.349. The van der Waals surface area contributed by atoms with Gasteiger partial charge in [0.25, 0.3) is 0 Å². The van der Waals surface area contributed by atoms with Crippen molar-refractivity contribution >= 4 is 17.7 Å². The van der Waals surface area contributed by atoms with Gasteiger partial charge < -0.3 is 20.5 Å². The highest BCUT2D eigenvalue weighted by Crippen LogP contribution is 2.35. The predicted octanol–water partition coefficient (Wildman–Crippen LogP) is 2.20. The van der Waals surface area contributed by atoms with Gasteiger partial charge in [0, 0.05) is 19.3 Å². The molecule has 1 aliphatic rings. The third-order valence-electron chi connectivity index (χ3n) is 4.57. The average Bonchev–Trinajstić information content (AvgIpc) is 2.63. The van der Waals surface area contributed by atoms with E-state index in [4.69, 9.17) is 10.5 Å². The summed E-state index contributed by atoms with van der Waals surface area (Å²) in [4.78, 5) is 22.4. The van der Waals surface area contributed by atoms with Gasteiger partial charge in [0.1, 0.15) is 11.6 Å². The van der Waals surface area contributed by atoms with Crippen LogP contribution in [0.5, 0.6) is 5.75 Å². The van der Waals surface area contributed by atoms with E-state index in [0.29, 0.717) is 37.8 Å². The maximum Gasteiger partial charge on any atom is 0.311 e.